The Morgan fingerprint density at radius 3 is 2.80 bits per heavy atom. The van der Waals surface area contributed by atoms with E-state index in [-0.39, 0.29) is 12.2 Å². The number of anilines is 1. The maximum atomic E-state index is 13.8. The number of halogens is 2. The molecule has 20 heavy (non-hydrogen) atoms. The van der Waals surface area contributed by atoms with Gasteiger partial charge in [-0.25, -0.2) is 8.78 Å². The van der Waals surface area contributed by atoms with E-state index in [0.717, 1.165) is 6.07 Å². The number of nitrogens with zero attached hydrogens (tertiary/aromatic N) is 1. The van der Waals surface area contributed by atoms with Crippen molar-refractivity contribution in [3.8, 4) is 0 Å². The molecule has 108 valence electrons. The number of aliphatic carboxylic acids is 1. The molecule has 0 unspecified atom stereocenters. The normalized spacial score (nSPS) is 13.8. The van der Waals surface area contributed by atoms with E-state index >= 15 is 0 Å². The van der Waals surface area contributed by atoms with Crippen molar-refractivity contribution >= 4 is 17.6 Å². The van der Waals surface area contributed by atoms with Gasteiger partial charge >= 0.3 is 5.97 Å². The molecule has 5 nitrogen and oxygen atoms in total. The van der Waals surface area contributed by atoms with E-state index in [9.17, 15) is 18.4 Å². The van der Waals surface area contributed by atoms with Crippen LogP contribution in [0, 0.1) is 11.6 Å². The van der Waals surface area contributed by atoms with Crippen molar-refractivity contribution in [1.29, 1.82) is 0 Å². The summed E-state index contributed by atoms with van der Waals surface area (Å²) in [5, 5.41) is 10.7. The van der Waals surface area contributed by atoms with E-state index in [0.29, 0.717) is 24.9 Å². The van der Waals surface area contributed by atoms with Crippen LogP contribution < -0.4 is 10.2 Å². The third-order valence-corrected chi connectivity index (χ3v) is 3.07. The smallest absolute Gasteiger partial charge is 0.322 e. The minimum absolute atomic E-state index is 0.150. The Kier molecular flexibility index (Phi) is 4.16. The molecule has 7 heteroatoms. The zero-order chi connectivity index (χ0) is 14.7. The molecular weight excluding hydrogens is 270 g/mol. The molecule has 0 fully saturated rings. The number of carboxylic acids is 1. The van der Waals surface area contributed by atoms with Gasteiger partial charge in [0.1, 0.15) is 18.2 Å². The van der Waals surface area contributed by atoms with Gasteiger partial charge in [-0.1, -0.05) is 0 Å². The second-order valence-corrected chi connectivity index (χ2v) is 4.59. The number of hydrogen-bond donors (Lipinski definition) is 2. The predicted molar refractivity (Wildman–Crippen MR) is 67.5 cm³/mol. The average Bonchev–Trinajstić information content (AvgIpc) is 2.35. The molecule has 1 aliphatic rings. The number of carbonyl (C=O) groups is 2. The largest absolute Gasteiger partial charge is 0.480 e. The molecule has 1 aliphatic heterocycles. The van der Waals surface area contributed by atoms with Gasteiger partial charge in [0.05, 0.1) is 12.2 Å². The zero-order valence-electron chi connectivity index (χ0n) is 10.7. The Morgan fingerprint density at radius 1 is 1.35 bits per heavy atom. The molecule has 0 aliphatic carbocycles. The Labute approximate surface area is 114 Å². The van der Waals surface area contributed by atoms with Gasteiger partial charge in [0.25, 0.3) is 0 Å². The number of carboxylic acid groups (broad SMARTS) is 1. The van der Waals surface area contributed by atoms with Crippen molar-refractivity contribution in [3.05, 3.63) is 29.3 Å². The molecule has 2 N–H and O–H groups in total. The van der Waals surface area contributed by atoms with E-state index < -0.39 is 30.1 Å². The monoisotopic (exact) mass is 284 g/mol. The van der Waals surface area contributed by atoms with Crippen LogP contribution in [0.25, 0.3) is 0 Å². The number of fused-ring (bicyclic) bond motifs is 1. The van der Waals surface area contributed by atoms with Crippen molar-refractivity contribution in [3.63, 3.8) is 0 Å². The first kappa shape index (κ1) is 14.2. The molecule has 2 rings (SSSR count). The number of carbonyl (C=O) groups excluding carboxylic acids is 1. The van der Waals surface area contributed by atoms with Crippen LogP contribution >= 0.6 is 0 Å². The Hall–Kier alpha value is -2.18. The first-order valence-corrected chi connectivity index (χ1v) is 6.18. The number of rotatable bonds is 4. The molecule has 1 aromatic carbocycles. The van der Waals surface area contributed by atoms with Gasteiger partial charge in [0.2, 0.25) is 5.91 Å². The van der Waals surface area contributed by atoms with Crippen LogP contribution in [0.2, 0.25) is 0 Å². The Morgan fingerprint density at radius 2 is 2.10 bits per heavy atom. The molecule has 1 aromatic rings. The lowest BCUT2D eigenvalue weighted by Crippen LogP contribution is -2.41. The highest BCUT2D eigenvalue weighted by atomic mass is 19.1. The maximum Gasteiger partial charge on any atom is 0.322 e. The van der Waals surface area contributed by atoms with Crippen molar-refractivity contribution in [2.45, 2.75) is 12.8 Å². The highest BCUT2D eigenvalue weighted by molar-refractivity contribution is 5.85. The lowest BCUT2D eigenvalue weighted by molar-refractivity contribution is -0.137. The molecule has 0 spiro atoms. The third-order valence-electron chi connectivity index (χ3n) is 3.07. The highest BCUT2D eigenvalue weighted by Crippen LogP contribution is 2.30. The van der Waals surface area contributed by atoms with Crippen LogP contribution in [0.1, 0.15) is 12.0 Å². The molecule has 0 radical (unpaired) electrons. The summed E-state index contributed by atoms with van der Waals surface area (Å²) in [5.74, 6) is -3.00. The van der Waals surface area contributed by atoms with E-state index in [1.54, 1.807) is 0 Å². The summed E-state index contributed by atoms with van der Waals surface area (Å²) in [6, 6.07) is 2.05. The van der Waals surface area contributed by atoms with Gasteiger partial charge in [0, 0.05) is 12.6 Å². The highest BCUT2D eigenvalue weighted by Gasteiger charge is 2.23. The Bertz CT molecular complexity index is 549. The van der Waals surface area contributed by atoms with Gasteiger partial charge in [0.15, 0.2) is 0 Å². The summed E-state index contributed by atoms with van der Waals surface area (Å²) in [6.07, 6.45) is 1.24. The summed E-state index contributed by atoms with van der Waals surface area (Å²) in [7, 11) is 0. The molecule has 0 bridgehead atoms. The summed E-state index contributed by atoms with van der Waals surface area (Å²) >= 11 is 0. The average molecular weight is 284 g/mol. The number of nitrogens with one attached hydrogen (secondary N) is 1. The molecular formula is C13H14F2N2O3. The molecule has 0 atom stereocenters. The van der Waals surface area contributed by atoms with E-state index in [1.165, 1.54) is 11.0 Å². The number of benzene rings is 1. The number of hydrogen-bond acceptors (Lipinski definition) is 3. The van der Waals surface area contributed by atoms with Gasteiger partial charge in [-0.2, -0.15) is 0 Å². The van der Waals surface area contributed by atoms with Crippen molar-refractivity contribution < 1.29 is 23.5 Å². The summed E-state index contributed by atoms with van der Waals surface area (Å²) in [4.78, 5) is 23.5. The van der Waals surface area contributed by atoms with Gasteiger partial charge in [-0.15, -0.1) is 0 Å². The van der Waals surface area contributed by atoms with Crippen LogP contribution in [0.15, 0.2) is 12.1 Å². The van der Waals surface area contributed by atoms with E-state index in [1.807, 2.05) is 0 Å². The fourth-order valence-corrected chi connectivity index (χ4v) is 2.30. The first-order chi connectivity index (χ1) is 9.47. The summed E-state index contributed by atoms with van der Waals surface area (Å²) in [5.41, 5.74) is 0.753. The first-order valence-electron chi connectivity index (χ1n) is 6.18. The van der Waals surface area contributed by atoms with Gasteiger partial charge in [-0.3, -0.25) is 9.59 Å². The molecule has 0 aromatic heterocycles. The molecule has 1 amide bonds. The van der Waals surface area contributed by atoms with Crippen LogP contribution in [0.4, 0.5) is 14.5 Å². The topological polar surface area (TPSA) is 69.6 Å². The second-order valence-electron chi connectivity index (χ2n) is 4.59. The minimum Gasteiger partial charge on any atom is -0.480 e. The molecule has 0 saturated carbocycles. The van der Waals surface area contributed by atoms with Crippen LogP contribution in [0.5, 0.6) is 0 Å². The standard InChI is InChI=1S/C13H14F2N2O3/c14-9-4-8-2-1-3-17(13(8)10(15)5-9)7-11(18)16-6-12(19)20/h4-5H,1-3,6-7H2,(H,16,18)(H,19,20). The summed E-state index contributed by atoms with van der Waals surface area (Å²) in [6.45, 7) is -0.162. The van der Waals surface area contributed by atoms with Crippen molar-refractivity contribution in [2.75, 3.05) is 24.5 Å². The zero-order valence-corrected chi connectivity index (χ0v) is 10.7. The fourth-order valence-electron chi connectivity index (χ4n) is 2.30. The SMILES string of the molecule is O=C(O)CNC(=O)CN1CCCc2cc(F)cc(F)c21. The predicted octanol–water partition coefficient (Wildman–Crippen LogP) is 0.918. The van der Waals surface area contributed by atoms with Gasteiger partial charge in [-0.05, 0) is 24.5 Å². The maximum absolute atomic E-state index is 13.8. The lowest BCUT2D eigenvalue weighted by Gasteiger charge is -2.31. The summed E-state index contributed by atoms with van der Waals surface area (Å²) < 4.78 is 27.0. The van der Waals surface area contributed by atoms with Crippen molar-refractivity contribution in [2.24, 2.45) is 0 Å². The van der Waals surface area contributed by atoms with Crippen molar-refractivity contribution in [1.82, 2.24) is 5.32 Å². The Balaban J connectivity index is 2.12. The van der Waals surface area contributed by atoms with Crippen LogP contribution in [-0.2, 0) is 16.0 Å². The van der Waals surface area contributed by atoms with Crippen LogP contribution in [-0.4, -0.2) is 36.6 Å². The van der Waals surface area contributed by atoms with Crippen LogP contribution in [0.3, 0.4) is 0 Å². The molecule has 0 saturated heterocycles. The third kappa shape index (κ3) is 3.23. The van der Waals surface area contributed by atoms with E-state index in [2.05, 4.69) is 5.32 Å². The second kappa shape index (κ2) is 5.85. The quantitative estimate of drug-likeness (QED) is 0.862. The minimum atomic E-state index is -1.15. The number of amides is 1. The lowest BCUT2D eigenvalue weighted by atomic mass is 10.0. The molecule has 1 heterocycles. The number of aryl methyl sites for hydroxylation is 1. The van der Waals surface area contributed by atoms with E-state index in [4.69, 9.17) is 5.11 Å². The van der Waals surface area contributed by atoms with Gasteiger partial charge < -0.3 is 15.3 Å². The fraction of sp³-hybridized carbons (Fsp3) is 0.385.